The molecule has 0 spiro atoms. The van der Waals surface area contributed by atoms with Crippen LogP contribution in [-0.2, 0) is 0 Å². The van der Waals surface area contributed by atoms with Crippen LogP contribution in [0.3, 0.4) is 0 Å². The number of benzene rings is 1. The molecule has 0 radical (unpaired) electrons. The van der Waals surface area contributed by atoms with Gasteiger partial charge in [0.2, 0.25) is 0 Å². The minimum atomic E-state index is -0.829. The quantitative estimate of drug-likeness (QED) is 0.807. The van der Waals surface area contributed by atoms with Crippen molar-refractivity contribution in [3.05, 3.63) is 35.4 Å². The summed E-state index contributed by atoms with van der Waals surface area (Å²) in [6.45, 7) is 5.24. The second-order valence-corrected chi connectivity index (χ2v) is 4.80. The molecule has 0 saturated carbocycles. The highest BCUT2D eigenvalue weighted by atomic mass is 35.5. The van der Waals surface area contributed by atoms with Gasteiger partial charge in [-0.3, -0.25) is 4.79 Å². The molecule has 1 amide bonds. The van der Waals surface area contributed by atoms with Crippen LogP contribution in [0.15, 0.2) is 18.2 Å². The molecule has 1 aliphatic rings. The van der Waals surface area contributed by atoms with Crippen LogP contribution in [0.1, 0.15) is 16.8 Å². The standard InChI is InChI=1S/C14H19F2N3O.ClH/c15-11-3-1-4-12(16)13(11)14(20)18-5-2-8-19-9-6-17-7-10-19;/h1,3-4,17H,2,5-10H2,(H,18,20);1H. The van der Waals surface area contributed by atoms with Gasteiger partial charge in [0.25, 0.3) is 5.91 Å². The number of hydrogen-bond donors (Lipinski definition) is 2. The Morgan fingerprint density at radius 3 is 2.48 bits per heavy atom. The highest BCUT2D eigenvalue weighted by molar-refractivity contribution is 5.94. The van der Waals surface area contributed by atoms with Crippen molar-refractivity contribution in [3.8, 4) is 0 Å². The van der Waals surface area contributed by atoms with Crippen LogP contribution in [0.25, 0.3) is 0 Å². The topological polar surface area (TPSA) is 44.4 Å². The third kappa shape index (κ3) is 5.22. The molecule has 2 N–H and O–H groups in total. The Hall–Kier alpha value is -1.24. The Bertz CT molecular complexity index is 447. The van der Waals surface area contributed by atoms with E-state index in [-0.39, 0.29) is 12.4 Å². The van der Waals surface area contributed by atoms with Crippen LogP contribution in [0.5, 0.6) is 0 Å². The molecular weight excluding hydrogens is 300 g/mol. The van der Waals surface area contributed by atoms with Crippen molar-refractivity contribution in [3.63, 3.8) is 0 Å². The van der Waals surface area contributed by atoms with Gasteiger partial charge >= 0.3 is 0 Å². The molecule has 0 atom stereocenters. The van der Waals surface area contributed by atoms with Crippen molar-refractivity contribution in [1.82, 2.24) is 15.5 Å². The van der Waals surface area contributed by atoms with Crippen LogP contribution in [0.2, 0.25) is 0 Å². The fourth-order valence-corrected chi connectivity index (χ4v) is 2.24. The van der Waals surface area contributed by atoms with Crippen molar-refractivity contribution in [2.24, 2.45) is 0 Å². The van der Waals surface area contributed by atoms with Gasteiger partial charge in [0.05, 0.1) is 0 Å². The van der Waals surface area contributed by atoms with E-state index < -0.39 is 23.1 Å². The molecule has 0 bridgehead atoms. The second kappa shape index (κ2) is 8.92. The molecule has 0 aliphatic carbocycles. The first-order valence-electron chi connectivity index (χ1n) is 6.84. The number of piperazine rings is 1. The number of nitrogens with zero attached hydrogens (tertiary/aromatic N) is 1. The summed E-state index contributed by atoms with van der Waals surface area (Å²) >= 11 is 0. The van der Waals surface area contributed by atoms with E-state index in [2.05, 4.69) is 15.5 Å². The fraction of sp³-hybridized carbons (Fsp3) is 0.500. The third-order valence-electron chi connectivity index (χ3n) is 3.34. The first kappa shape index (κ1) is 17.8. The maximum absolute atomic E-state index is 13.4. The van der Waals surface area contributed by atoms with E-state index in [1.54, 1.807) is 0 Å². The Labute approximate surface area is 129 Å². The normalized spacial score (nSPS) is 15.3. The van der Waals surface area contributed by atoms with Crippen LogP contribution in [0.4, 0.5) is 8.78 Å². The molecule has 0 unspecified atom stereocenters. The molecule has 1 aromatic carbocycles. The summed E-state index contributed by atoms with van der Waals surface area (Å²) in [6.07, 6.45) is 0.766. The zero-order valence-electron chi connectivity index (χ0n) is 11.7. The summed E-state index contributed by atoms with van der Waals surface area (Å²) in [6, 6.07) is 3.41. The number of hydrogen-bond acceptors (Lipinski definition) is 3. The number of rotatable bonds is 5. The first-order chi connectivity index (χ1) is 9.68. The molecule has 118 valence electrons. The van der Waals surface area contributed by atoms with Gasteiger partial charge in [0, 0.05) is 32.7 Å². The van der Waals surface area contributed by atoms with Crippen molar-refractivity contribution < 1.29 is 13.6 Å². The van der Waals surface area contributed by atoms with Crippen LogP contribution >= 0.6 is 12.4 Å². The van der Waals surface area contributed by atoms with Gasteiger partial charge in [-0.15, -0.1) is 12.4 Å². The average Bonchev–Trinajstić information content (AvgIpc) is 2.44. The number of nitrogens with one attached hydrogen (secondary N) is 2. The summed E-state index contributed by atoms with van der Waals surface area (Å²) in [4.78, 5) is 14.0. The molecule has 2 rings (SSSR count). The monoisotopic (exact) mass is 319 g/mol. The Balaban J connectivity index is 0.00000220. The van der Waals surface area contributed by atoms with Crippen LogP contribution in [0, 0.1) is 11.6 Å². The lowest BCUT2D eigenvalue weighted by atomic mass is 10.2. The lowest BCUT2D eigenvalue weighted by Gasteiger charge is -2.27. The van der Waals surface area contributed by atoms with Gasteiger partial charge in [-0.2, -0.15) is 0 Å². The van der Waals surface area contributed by atoms with Crippen molar-refractivity contribution in [1.29, 1.82) is 0 Å². The van der Waals surface area contributed by atoms with E-state index in [0.29, 0.717) is 6.54 Å². The fourth-order valence-electron chi connectivity index (χ4n) is 2.24. The Morgan fingerprint density at radius 1 is 1.24 bits per heavy atom. The average molecular weight is 320 g/mol. The molecule has 1 fully saturated rings. The minimum Gasteiger partial charge on any atom is -0.352 e. The Kier molecular flexibility index (Phi) is 7.56. The smallest absolute Gasteiger partial charge is 0.257 e. The molecular formula is C14H20ClF2N3O. The zero-order chi connectivity index (χ0) is 14.4. The predicted molar refractivity (Wildman–Crippen MR) is 79.9 cm³/mol. The molecule has 1 saturated heterocycles. The summed E-state index contributed by atoms with van der Waals surface area (Å²) < 4.78 is 26.8. The minimum absolute atomic E-state index is 0. The molecule has 0 aromatic heterocycles. The lowest BCUT2D eigenvalue weighted by molar-refractivity contribution is 0.0943. The predicted octanol–water partition coefficient (Wildman–Crippen LogP) is 1.41. The largest absolute Gasteiger partial charge is 0.352 e. The first-order valence-corrected chi connectivity index (χ1v) is 6.84. The highest BCUT2D eigenvalue weighted by Gasteiger charge is 2.16. The van der Waals surface area contributed by atoms with E-state index in [1.165, 1.54) is 6.07 Å². The van der Waals surface area contributed by atoms with Gasteiger partial charge in [-0.05, 0) is 25.1 Å². The van der Waals surface area contributed by atoms with Gasteiger partial charge < -0.3 is 15.5 Å². The number of amides is 1. The van der Waals surface area contributed by atoms with Gasteiger partial charge in [-0.25, -0.2) is 8.78 Å². The molecule has 7 heteroatoms. The van der Waals surface area contributed by atoms with Crippen molar-refractivity contribution in [2.45, 2.75) is 6.42 Å². The van der Waals surface area contributed by atoms with Crippen LogP contribution < -0.4 is 10.6 Å². The van der Waals surface area contributed by atoms with Crippen LogP contribution in [-0.4, -0.2) is 50.1 Å². The Morgan fingerprint density at radius 2 is 1.86 bits per heavy atom. The van der Waals surface area contributed by atoms with Gasteiger partial charge in [0.1, 0.15) is 17.2 Å². The molecule has 4 nitrogen and oxygen atoms in total. The zero-order valence-corrected chi connectivity index (χ0v) is 12.5. The lowest BCUT2D eigenvalue weighted by Crippen LogP contribution is -2.44. The summed E-state index contributed by atoms with van der Waals surface area (Å²) in [5.74, 6) is -2.35. The van der Waals surface area contributed by atoms with E-state index >= 15 is 0 Å². The van der Waals surface area contributed by atoms with Gasteiger partial charge in [-0.1, -0.05) is 6.07 Å². The molecule has 21 heavy (non-hydrogen) atoms. The number of carbonyl (C=O) groups is 1. The molecule has 1 heterocycles. The summed E-state index contributed by atoms with van der Waals surface area (Å²) in [7, 11) is 0. The molecule has 1 aromatic rings. The van der Waals surface area contributed by atoms with E-state index in [1.807, 2.05) is 0 Å². The summed E-state index contributed by atoms with van der Waals surface area (Å²) in [5.41, 5.74) is -0.505. The maximum atomic E-state index is 13.4. The van der Waals surface area contributed by atoms with Crippen molar-refractivity contribution >= 4 is 18.3 Å². The SMILES string of the molecule is Cl.O=C(NCCCN1CCNCC1)c1c(F)cccc1F. The highest BCUT2D eigenvalue weighted by Crippen LogP contribution is 2.11. The second-order valence-electron chi connectivity index (χ2n) is 4.80. The van der Waals surface area contributed by atoms with E-state index in [4.69, 9.17) is 0 Å². The third-order valence-corrected chi connectivity index (χ3v) is 3.34. The van der Waals surface area contributed by atoms with E-state index in [0.717, 1.165) is 51.3 Å². The van der Waals surface area contributed by atoms with E-state index in [9.17, 15) is 13.6 Å². The maximum Gasteiger partial charge on any atom is 0.257 e. The number of halogens is 3. The molecule has 1 aliphatic heterocycles. The van der Waals surface area contributed by atoms with Gasteiger partial charge in [0.15, 0.2) is 0 Å². The number of carbonyl (C=O) groups excluding carboxylic acids is 1. The summed E-state index contributed by atoms with van der Waals surface area (Å²) in [5, 5.41) is 5.82. The van der Waals surface area contributed by atoms with Crippen molar-refractivity contribution in [2.75, 3.05) is 39.3 Å².